The number of nitrogens with one attached hydrogen (secondary N) is 2. The van der Waals surface area contributed by atoms with Crippen LogP contribution < -0.4 is 20.1 Å². The zero-order chi connectivity index (χ0) is 20.7. The van der Waals surface area contributed by atoms with Crippen LogP contribution >= 0.6 is 11.6 Å². The molecule has 0 saturated carbocycles. The molecule has 0 saturated heterocycles. The Kier molecular flexibility index (Phi) is 7.18. The van der Waals surface area contributed by atoms with Gasteiger partial charge in [0.1, 0.15) is 23.1 Å². The van der Waals surface area contributed by atoms with Crippen LogP contribution in [0.1, 0.15) is 35.0 Å². The van der Waals surface area contributed by atoms with Crippen LogP contribution in [0.5, 0.6) is 11.6 Å². The van der Waals surface area contributed by atoms with Gasteiger partial charge in [-0.25, -0.2) is 9.78 Å². The van der Waals surface area contributed by atoms with Crippen molar-refractivity contribution >= 4 is 29.3 Å². The van der Waals surface area contributed by atoms with Crippen molar-refractivity contribution in [2.24, 2.45) is 0 Å². The Morgan fingerprint density at radius 2 is 2.04 bits per heavy atom. The number of benzene rings is 1. The maximum absolute atomic E-state index is 12.8. The Morgan fingerprint density at radius 1 is 1.29 bits per heavy atom. The molecule has 0 atom stereocenters. The summed E-state index contributed by atoms with van der Waals surface area (Å²) >= 11 is 6.04. The molecule has 0 aliphatic heterocycles. The summed E-state index contributed by atoms with van der Waals surface area (Å²) in [4.78, 5) is 28.8. The Labute approximate surface area is 167 Å². The lowest BCUT2D eigenvalue weighted by Crippen LogP contribution is -2.28. The Morgan fingerprint density at radius 3 is 2.68 bits per heavy atom. The fraction of sp³-hybridized carbons (Fsp3) is 0.263. The van der Waals surface area contributed by atoms with Crippen molar-refractivity contribution in [2.75, 3.05) is 19.0 Å². The first-order valence-corrected chi connectivity index (χ1v) is 8.80. The molecule has 1 aromatic heterocycles. The molecular weight excluding hydrogens is 384 g/mol. The number of nitriles is 1. The van der Waals surface area contributed by atoms with Crippen molar-refractivity contribution in [3.8, 4) is 17.7 Å². The van der Waals surface area contributed by atoms with E-state index in [4.69, 9.17) is 21.1 Å². The maximum Gasteiger partial charge on any atom is 0.413 e. The minimum absolute atomic E-state index is 0.0168. The average molecular weight is 403 g/mol. The van der Waals surface area contributed by atoms with E-state index in [0.717, 1.165) is 6.42 Å². The van der Waals surface area contributed by atoms with Crippen LogP contribution in [0.4, 0.5) is 10.5 Å². The van der Waals surface area contributed by atoms with Crippen molar-refractivity contribution in [3.63, 3.8) is 0 Å². The van der Waals surface area contributed by atoms with Gasteiger partial charge in [0.05, 0.1) is 17.7 Å². The first kappa shape index (κ1) is 21.0. The SMILES string of the molecule is CCCNC(=O)Oc1nc(C)ccc1C(=O)Nc1c(OC)ccc(Cl)c1C#N. The number of aryl methyl sites for hydroxylation is 1. The number of methoxy groups -OCH3 is 1. The summed E-state index contributed by atoms with van der Waals surface area (Å²) in [7, 11) is 1.40. The number of aromatic nitrogens is 1. The number of hydrogen-bond donors (Lipinski definition) is 2. The fourth-order valence-corrected chi connectivity index (χ4v) is 2.48. The second-order valence-corrected chi connectivity index (χ2v) is 6.09. The molecule has 9 heteroatoms. The van der Waals surface area contributed by atoms with Crippen molar-refractivity contribution in [1.29, 1.82) is 5.26 Å². The Balaban J connectivity index is 2.37. The molecule has 0 spiro atoms. The summed E-state index contributed by atoms with van der Waals surface area (Å²) in [5.74, 6) is -0.522. The highest BCUT2D eigenvalue weighted by Gasteiger charge is 2.21. The number of halogens is 1. The highest BCUT2D eigenvalue weighted by molar-refractivity contribution is 6.32. The molecule has 0 fully saturated rings. The standard InChI is InChI=1S/C19H19ClN4O4/c1-4-9-22-19(26)28-18-12(6-5-11(2)23-18)17(25)24-16-13(10-21)14(20)7-8-15(16)27-3/h5-8H,4,9H2,1-3H3,(H,22,26)(H,24,25). The van der Waals surface area contributed by atoms with Gasteiger partial charge in [-0.15, -0.1) is 0 Å². The number of anilines is 1. The van der Waals surface area contributed by atoms with Crippen LogP contribution in [-0.2, 0) is 0 Å². The molecule has 146 valence electrons. The second kappa shape index (κ2) is 9.58. The first-order valence-electron chi connectivity index (χ1n) is 8.42. The van der Waals surface area contributed by atoms with Gasteiger partial charge >= 0.3 is 6.09 Å². The molecule has 2 N–H and O–H groups in total. The molecular formula is C19H19ClN4O4. The first-order chi connectivity index (χ1) is 13.4. The topological polar surface area (TPSA) is 113 Å². The predicted molar refractivity (Wildman–Crippen MR) is 104 cm³/mol. The van der Waals surface area contributed by atoms with Crippen molar-refractivity contribution in [3.05, 3.63) is 46.1 Å². The third-order valence-electron chi connectivity index (χ3n) is 3.64. The molecule has 2 amide bonds. The molecule has 8 nitrogen and oxygen atoms in total. The van der Waals surface area contributed by atoms with Gasteiger partial charge in [-0.05, 0) is 37.6 Å². The monoisotopic (exact) mass is 402 g/mol. The summed E-state index contributed by atoms with van der Waals surface area (Å²) in [6.45, 7) is 4.03. The van der Waals surface area contributed by atoms with Gasteiger partial charge in [-0.3, -0.25) is 4.79 Å². The highest BCUT2D eigenvalue weighted by atomic mass is 35.5. The molecule has 0 unspecified atom stereocenters. The van der Waals surface area contributed by atoms with Crippen molar-refractivity contribution in [2.45, 2.75) is 20.3 Å². The number of carbonyl (C=O) groups is 2. The van der Waals surface area contributed by atoms with Gasteiger partial charge in [0.2, 0.25) is 5.88 Å². The third-order valence-corrected chi connectivity index (χ3v) is 3.95. The number of rotatable bonds is 6. The van der Waals surface area contributed by atoms with Gasteiger partial charge in [-0.2, -0.15) is 5.26 Å². The number of hydrogen-bond acceptors (Lipinski definition) is 6. The van der Waals surface area contributed by atoms with Crippen LogP contribution in [0.2, 0.25) is 5.02 Å². The van der Waals surface area contributed by atoms with Crippen LogP contribution in [0.25, 0.3) is 0 Å². The van der Waals surface area contributed by atoms with E-state index in [1.807, 2.05) is 13.0 Å². The van der Waals surface area contributed by atoms with Crippen LogP contribution in [0.15, 0.2) is 24.3 Å². The lowest BCUT2D eigenvalue weighted by Gasteiger charge is -2.14. The van der Waals surface area contributed by atoms with Crippen LogP contribution in [0.3, 0.4) is 0 Å². The molecule has 2 aromatic rings. The van der Waals surface area contributed by atoms with Crippen molar-refractivity contribution in [1.82, 2.24) is 10.3 Å². The molecule has 1 heterocycles. The van der Waals surface area contributed by atoms with Gasteiger partial charge < -0.3 is 20.1 Å². The summed E-state index contributed by atoms with van der Waals surface area (Å²) in [5, 5.41) is 14.7. The normalized spacial score (nSPS) is 9.96. The van der Waals surface area contributed by atoms with Crippen molar-refractivity contribution < 1.29 is 19.1 Å². The fourth-order valence-electron chi connectivity index (χ4n) is 2.28. The number of nitrogens with zero attached hydrogens (tertiary/aromatic N) is 2. The van der Waals surface area contributed by atoms with E-state index in [1.54, 1.807) is 13.0 Å². The minimum atomic E-state index is -0.716. The number of carbonyl (C=O) groups excluding carboxylic acids is 2. The van der Waals surface area contributed by atoms with E-state index in [0.29, 0.717) is 12.2 Å². The average Bonchev–Trinajstić information content (AvgIpc) is 2.66. The van der Waals surface area contributed by atoms with E-state index in [9.17, 15) is 14.9 Å². The second-order valence-electron chi connectivity index (χ2n) is 5.69. The lowest BCUT2D eigenvalue weighted by atomic mass is 10.1. The molecule has 28 heavy (non-hydrogen) atoms. The molecule has 2 rings (SSSR count). The molecule has 0 bridgehead atoms. The summed E-state index contributed by atoms with van der Waals surface area (Å²) < 4.78 is 10.4. The molecule has 1 aromatic carbocycles. The summed E-state index contributed by atoms with van der Waals surface area (Å²) in [6, 6.07) is 8.04. The van der Waals surface area contributed by atoms with E-state index >= 15 is 0 Å². The van der Waals surface area contributed by atoms with Gasteiger partial charge in [0.15, 0.2) is 0 Å². The lowest BCUT2D eigenvalue weighted by molar-refractivity contribution is 0.102. The zero-order valence-corrected chi connectivity index (χ0v) is 16.4. The van der Waals surface area contributed by atoms with Gasteiger partial charge in [0.25, 0.3) is 5.91 Å². The summed E-state index contributed by atoms with van der Waals surface area (Å²) in [5.41, 5.74) is 0.748. The summed E-state index contributed by atoms with van der Waals surface area (Å²) in [6.07, 6.45) is 0.0156. The highest BCUT2D eigenvalue weighted by Crippen LogP contribution is 2.34. The number of pyridine rings is 1. The number of amides is 2. The third kappa shape index (κ3) is 4.90. The van der Waals surface area contributed by atoms with E-state index in [1.165, 1.54) is 25.3 Å². The molecule has 0 aliphatic rings. The van der Waals surface area contributed by atoms with E-state index in [-0.39, 0.29) is 33.5 Å². The van der Waals surface area contributed by atoms with Gasteiger partial charge in [0, 0.05) is 12.2 Å². The minimum Gasteiger partial charge on any atom is -0.495 e. The maximum atomic E-state index is 12.8. The predicted octanol–water partition coefficient (Wildman–Crippen LogP) is 3.67. The zero-order valence-electron chi connectivity index (χ0n) is 15.6. The van der Waals surface area contributed by atoms with Crippen LogP contribution in [0, 0.1) is 18.3 Å². The van der Waals surface area contributed by atoms with E-state index in [2.05, 4.69) is 15.6 Å². The molecule has 0 radical (unpaired) electrons. The quantitative estimate of drug-likeness (QED) is 0.761. The van der Waals surface area contributed by atoms with Crippen LogP contribution in [-0.4, -0.2) is 30.6 Å². The van der Waals surface area contributed by atoms with E-state index < -0.39 is 12.0 Å². The Bertz CT molecular complexity index is 940. The number of ether oxygens (including phenoxy) is 2. The largest absolute Gasteiger partial charge is 0.495 e. The molecule has 0 aliphatic carbocycles. The van der Waals surface area contributed by atoms with Gasteiger partial charge in [-0.1, -0.05) is 18.5 Å². The smallest absolute Gasteiger partial charge is 0.413 e. The Hall–Kier alpha value is -3.31.